The Morgan fingerprint density at radius 3 is 2.30 bits per heavy atom. The van der Waals surface area contributed by atoms with Crippen LogP contribution in [0.3, 0.4) is 0 Å². The Bertz CT molecular complexity index is 972. The van der Waals surface area contributed by atoms with E-state index in [-0.39, 0.29) is 10.6 Å². The van der Waals surface area contributed by atoms with Crippen molar-refractivity contribution in [1.29, 1.82) is 0 Å². The van der Waals surface area contributed by atoms with Crippen molar-refractivity contribution >= 4 is 21.6 Å². The standard InChI is InChI=1S/C21H25F3N2O3S/c1-15(2)11-12-25-20(27)14-26(18-6-4-5-17(13-18)21(22,23)24)30(28,29)19-9-7-16(3)8-10-19/h4-10,13,15H,11-12,14H2,1-3H3,(H,25,27). The number of sulfonamides is 1. The molecule has 0 saturated heterocycles. The first kappa shape index (κ1) is 23.7. The third-order valence-corrected chi connectivity index (χ3v) is 6.19. The molecule has 0 spiro atoms. The highest BCUT2D eigenvalue weighted by Crippen LogP contribution is 2.33. The van der Waals surface area contributed by atoms with Crippen molar-refractivity contribution in [2.24, 2.45) is 5.92 Å². The number of halogens is 3. The van der Waals surface area contributed by atoms with E-state index >= 15 is 0 Å². The molecule has 0 heterocycles. The highest BCUT2D eigenvalue weighted by molar-refractivity contribution is 7.92. The number of amides is 1. The van der Waals surface area contributed by atoms with Crippen LogP contribution in [0.25, 0.3) is 0 Å². The molecule has 9 heteroatoms. The average Bonchev–Trinajstić information content (AvgIpc) is 2.65. The minimum absolute atomic E-state index is 0.111. The molecule has 0 saturated carbocycles. The number of nitrogens with one attached hydrogen (secondary N) is 1. The van der Waals surface area contributed by atoms with Crippen LogP contribution in [0, 0.1) is 12.8 Å². The van der Waals surface area contributed by atoms with Gasteiger partial charge >= 0.3 is 6.18 Å². The maximum Gasteiger partial charge on any atom is 0.416 e. The first-order valence-electron chi connectivity index (χ1n) is 9.44. The molecule has 164 valence electrons. The normalized spacial score (nSPS) is 12.1. The van der Waals surface area contributed by atoms with Gasteiger partial charge in [-0.05, 0) is 49.6 Å². The Balaban J connectivity index is 2.42. The first-order valence-corrected chi connectivity index (χ1v) is 10.9. The summed E-state index contributed by atoms with van der Waals surface area (Å²) >= 11 is 0. The SMILES string of the molecule is Cc1ccc(S(=O)(=O)N(CC(=O)NCCC(C)C)c2cccc(C(F)(F)F)c2)cc1. The summed E-state index contributed by atoms with van der Waals surface area (Å²) in [6.45, 7) is 5.45. The summed E-state index contributed by atoms with van der Waals surface area (Å²) in [4.78, 5) is 12.3. The summed E-state index contributed by atoms with van der Waals surface area (Å²) in [5, 5.41) is 2.62. The van der Waals surface area contributed by atoms with Crippen LogP contribution in [-0.4, -0.2) is 27.4 Å². The van der Waals surface area contributed by atoms with Gasteiger partial charge in [-0.15, -0.1) is 0 Å². The van der Waals surface area contributed by atoms with Crippen LogP contribution in [-0.2, 0) is 21.0 Å². The summed E-state index contributed by atoms with van der Waals surface area (Å²) in [6.07, 6.45) is -3.95. The third-order valence-electron chi connectivity index (χ3n) is 4.40. The molecule has 1 amide bonds. The number of anilines is 1. The Labute approximate surface area is 175 Å². The molecule has 0 aromatic heterocycles. The van der Waals surface area contributed by atoms with Gasteiger partial charge in [0.05, 0.1) is 16.1 Å². The van der Waals surface area contributed by atoms with E-state index in [4.69, 9.17) is 0 Å². The van der Waals surface area contributed by atoms with Crippen molar-refractivity contribution in [2.75, 3.05) is 17.4 Å². The second-order valence-corrected chi connectivity index (χ2v) is 9.27. The van der Waals surface area contributed by atoms with Gasteiger partial charge in [0, 0.05) is 6.54 Å². The van der Waals surface area contributed by atoms with E-state index in [1.807, 2.05) is 13.8 Å². The third kappa shape index (κ3) is 6.22. The van der Waals surface area contributed by atoms with Crippen LogP contribution >= 0.6 is 0 Å². The first-order chi connectivity index (χ1) is 13.9. The topological polar surface area (TPSA) is 66.5 Å². The summed E-state index contributed by atoms with van der Waals surface area (Å²) in [5.74, 6) is -0.259. The van der Waals surface area contributed by atoms with Gasteiger partial charge in [0.1, 0.15) is 6.54 Å². The highest BCUT2D eigenvalue weighted by atomic mass is 32.2. The van der Waals surface area contributed by atoms with Crippen LogP contribution in [0.2, 0.25) is 0 Å². The number of nitrogens with zero attached hydrogens (tertiary/aromatic N) is 1. The summed E-state index contributed by atoms with van der Waals surface area (Å²) in [5.41, 5.74) is -0.403. The maximum atomic E-state index is 13.2. The molecule has 0 aliphatic heterocycles. The van der Waals surface area contributed by atoms with E-state index in [9.17, 15) is 26.4 Å². The predicted molar refractivity (Wildman–Crippen MR) is 110 cm³/mol. The Hall–Kier alpha value is -2.55. The minimum atomic E-state index is -4.64. The molecule has 2 aromatic carbocycles. The fourth-order valence-corrected chi connectivity index (χ4v) is 4.09. The lowest BCUT2D eigenvalue weighted by Gasteiger charge is -2.25. The van der Waals surface area contributed by atoms with E-state index in [1.165, 1.54) is 18.2 Å². The second kappa shape index (κ2) is 9.51. The van der Waals surface area contributed by atoms with Gasteiger partial charge in [-0.2, -0.15) is 13.2 Å². The Morgan fingerprint density at radius 2 is 1.73 bits per heavy atom. The Morgan fingerprint density at radius 1 is 1.10 bits per heavy atom. The molecule has 2 rings (SSSR count). The largest absolute Gasteiger partial charge is 0.416 e. The Kier molecular flexibility index (Phi) is 7.52. The zero-order chi connectivity index (χ0) is 22.5. The van der Waals surface area contributed by atoms with Crippen LogP contribution in [0.1, 0.15) is 31.4 Å². The van der Waals surface area contributed by atoms with Gasteiger partial charge in [-0.1, -0.05) is 37.6 Å². The van der Waals surface area contributed by atoms with Crippen molar-refractivity contribution in [1.82, 2.24) is 5.32 Å². The van der Waals surface area contributed by atoms with Crippen molar-refractivity contribution in [2.45, 2.75) is 38.3 Å². The highest BCUT2D eigenvalue weighted by Gasteiger charge is 2.33. The smallest absolute Gasteiger partial charge is 0.355 e. The van der Waals surface area contributed by atoms with Gasteiger partial charge < -0.3 is 5.32 Å². The van der Waals surface area contributed by atoms with E-state index in [1.54, 1.807) is 19.1 Å². The fourth-order valence-electron chi connectivity index (χ4n) is 2.68. The zero-order valence-corrected chi connectivity index (χ0v) is 17.8. The number of hydrogen-bond donors (Lipinski definition) is 1. The molecule has 0 aliphatic rings. The number of rotatable bonds is 8. The fraction of sp³-hybridized carbons (Fsp3) is 0.381. The van der Waals surface area contributed by atoms with Crippen LogP contribution < -0.4 is 9.62 Å². The monoisotopic (exact) mass is 442 g/mol. The van der Waals surface area contributed by atoms with Gasteiger partial charge in [-0.3, -0.25) is 9.10 Å². The lowest BCUT2D eigenvalue weighted by atomic mass is 10.1. The van der Waals surface area contributed by atoms with Crippen molar-refractivity contribution in [3.63, 3.8) is 0 Å². The van der Waals surface area contributed by atoms with Crippen molar-refractivity contribution in [3.05, 3.63) is 59.7 Å². The second-order valence-electron chi connectivity index (χ2n) is 7.41. The summed E-state index contributed by atoms with van der Waals surface area (Å²) in [6, 6.07) is 9.83. The number of alkyl halides is 3. The molecule has 30 heavy (non-hydrogen) atoms. The molecule has 0 unspecified atom stereocenters. The molecule has 0 bridgehead atoms. The van der Waals surface area contributed by atoms with Crippen LogP contribution in [0.5, 0.6) is 0 Å². The zero-order valence-electron chi connectivity index (χ0n) is 17.0. The molecule has 0 aliphatic carbocycles. The van der Waals surface area contributed by atoms with Gasteiger partial charge in [0.25, 0.3) is 10.0 Å². The quantitative estimate of drug-likeness (QED) is 0.660. The van der Waals surface area contributed by atoms with Gasteiger partial charge in [0.2, 0.25) is 5.91 Å². The van der Waals surface area contributed by atoms with Gasteiger partial charge in [0.15, 0.2) is 0 Å². The van der Waals surface area contributed by atoms with E-state index in [0.29, 0.717) is 23.2 Å². The summed E-state index contributed by atoms with van der Waals surface area (Å²) < 4.78 is 66.5. The molecular weight excluding hydrogens is 417 g/mol. The van der Waals surface area contributed by atoms with E-state index < -0.39 is 34.2 Å². The van der Waals surface area contributed by atoms with E-state index in [0.717, 1.165) is 23.8 Å². The molecule has 0 fully saturated rings. The summed E-state index contributed by atoms with van der Waals surface area (Å²) in [7, 11) is -4.26. The lowest BCUT2D eigenvalue weighted by molar-refractivity contribution is -0.137. The van der Waals surface area contributed by atoms with Crippen LogP contribution in [0.4, 0.5) is 18.9 Å². The average molecular weight is 443 g/mol. The molecular formula is C21H25F3N2O3S. The van der Waals surface area contributed by atoms with Crippen LogP contribution in [0.15, 0.2) is 53.4 Å². The number of aryl methyl sites for hydroxylation is 1. The number of carbonyl (C=O) groups excluding carboxylic acids is 1. The lowest BCUT2D eigenvalue weighted by Crippen LogP contribution is -2.41. The number of benzene rings is 2. The minimum Gasteiger partial charge on any atom is -0.355 e. The van der Waals surface area contributed by atoms with Crippen molar-refractivity contribution < 1.29 is 26.4 Å². The maximum absolute atomic E-state index is 13.2. The number of carbonyl (C=O) groups is 1. The molecule has 0 atom stereocenters. The molecule has 0 radical (unpaired) electrons. The molecule has 2 aromatic rings. The molecule has 5 nitrogen and oxygen atoms in total. The predicted octanol–water partition coefficient (Wildman–Crippen LogP) is 4.37. The van der Waals surface area contributed by atoms with Gasteiger partial charge in [-0.25, -0.2) is 8.42 Å². The molecule has 1 N–H and O–H groups in total. The van der Waals surface area contributed by atoms with Crippen molar-refractivity contribution in [3.8, 4) is 0 Å². The number of hydrogen-bond acceptors (Lipinski definition) is 3. The van der Waals surface area contributed by atoms with E-state index in [2.05, 4.69) is 5.32 Å².